The first-order valence-electron chi connectivity index (χ1n) is 4.75. The standard InChI is InChI=1S/C10H8ClFN2O2S/c1-5(6-3-2-4-17-6)14-9(15)7(12)8(11)13-10(14)16/h2-5H,1H3,(H,13,16). The molecule has 0 fully saturated rings. The first-order chi connectivity index (χ1) is 8.02. The van der Waals surface area contributed by atoms with Gasteiger partial charge in [-0.1, -0.05) is 17.7 Å². The van der Waals surface area contributed by atoms with Gasteiger partial charge in [-0.15, -0.1) is 11.3 Å². The molecule has 0 aromatic carbocycles. The van der Waals surface area contributed by atoms with Crippen molar-refractivity contribution in [1.82, 2.24) is 9.55 Å². The van der Waals surface area contributed by atoms with Crippen molar-refractivity contribution in [3.8, 4) is 0 Å². The quantitative estimate of drug-likeness (QED) is 0.852. The molecule has 2 aromatic heterocycles. The van der Waals surface area contributed by atoms with Gasteiger partial charge in [-0.25, -0.2) is 9.36 Å². The number of aromatic amines is 1. The Morgan fingerprint density at radius 1 is 1.53 bits per heavy atom. The molecule has 17 heavy (non-hydrogen) atoms. The zero-order valence-corrected chi connectivity index (χ0v) is 10.3. The van der Waals surface area contributed by atoms with Gasteiger partial charge in [-0.05, 0) is 18.4 Å². The van der Waals surface area contributed by atoms with Gasteiger partial charge in [0.1, 0.15) is 0 Å². The Morgan fingerprint density at radius 3 is 2.82 bits per heavy atom. The summed E-state index contributed by atoms with van der Waals surface area (Å²) >= 11 is 6.76. The van der Waals surface area contributed by atoms with E-state index in [1.165, 1.54) is 11.3 Å². The minimum atomic E-state index is -1.14. The van der Waals surface area contributed by atoms with Gasteiger partial charge in [-0.3, -0.25) is 9.78 Å². The Labute approximate surface area is 104 Å². The highest BCUT2D eigenvalue weighted by atomic mass is 35.5. The number of halogens is 2. The van der Waals surface area contributed by atoms with Crippen LogP contribution in [0.5, 0.6) is 0 Å². The summed E-state index contributed by atoms with van der Waals surface area (Å²) < 4.78 is 14.2. The molecule has 0 bridgehead atoms. The number of nitrogens with one attached hydrogen (secondary N) is 1. The monoisotopic (exact) mass is 274 g/mol. The molecule has 1 atom stereocenters. The summed E-state index contributed by atoms with van der Waals surface area (Å²) in [6, 6.07) is 3.04. The number of hydrogen-bond donors (Lipinski definition) is 1. The third-order valence-corrected chi connectivity index (χ3v) is 3.68. The summed E-state index contributed by atoms with van der Waals surface area (Å²) in [5.74, 6) is -1.14. The Kier molecular flexibility index (Phi) is 3.17. The largest absolute Gasteiger partial charge is 0.330 e. The van der Waals surface area contributed by atoms with E-state index in [4.69, 9.17) is 11.6 Å². The molecule has 0 radical (unpaired) electrons. The van der Waals surface area contributed by atoms with Gasteiger partial charge in [-0.2, -0.15) is 4.39 Å². The third kappa shape index (κ3) is 2.05. The lowest BCUT2D eigenvalue weighted by atomic mass is 10.2. The van der Waals surface area contributed by atoms with Crippen LogP contribution in [0.4, 0.5) is 4.39 Å². The van der Waals surface area contributed by atoms with Crippen molar-refractivity contribution in [2.24, 2.45) is 0 Å². The lowest BCUT2D eigenvalue weighted by Crippen LogP contribution is -2.39. The maximum Gasteiger partial charge on any atom is 0.330 e. The van der Waals surface area contributed by atoms with E-state index in [0.29, 0.717) is 0 Å². The van der Waals surface area contributed by atoms with Crippen LogP contribution in [0, 0.1) is 5.82 Å². The van der Waals surface area contributed by atoms with E-state index >= 15 is 0 Å². The lowest BCUT2D eigenvalue weighted by molar-refractivity contribution is 0.519. The summed E-state index contributed by atoms with van der Waals surface area (Å²) in [5.41, 5.74) is -1.73. The second-order valence-corrected chi connectivity index (χ2v) is 4.78. The number of aromatic nitrogens is 2. The fraction of sp³-hybridized carbons (Fsp3) is 0.200. The molecule has 2 heterocycles. The third-order valence-electron chi connectivity index (χ3n) is 2.38. The van der Waals surface area contributed by atoms with Gasteiger partial charge in [0.25, 0.3) is 5.56 Å². The normalized spacial score (nSPS) is 12.6. The molecule has 90 valence electrons. The van der Waals surface area contributed by atoms with Gasteiger partial charge < -0.3 is 0 Å². The summed E-state index contributed by atoms with van der Waals surface area (Å²) in [4.78, 5) is 26.1. The Bertz CT molecular complexity index is 647. The smallest absolute Gasteiger partial charge is 0.295 e. The summed E-state index contributed by atoms with van der Waals surface area (Å²) in [6.45, 7) is 1.65. The van der Waals surface area contributed by atoms with E-state index in [2.05, 4.69) is 4.98 Å². The van der Waals surface area contributed by atoms with Crippen LogP contribution < -0.4 is 11.2 Å². The fourth-order valence-corrected chi connectivity index (χ4v) is 2.44. The molecule has 4 nitrogen and oxygen atoms in total. The van der Waals surface area contributed by atoms with Gasteiger partial charge >= 0.3 is 5.69 Å². The molecular weight excluding hydrogens is 267 g/mol. The Morgan fingerprint density at radius 2 is 2.24 bits per heavy atom. The van der Waals surface area contributed by atoms with E-state index < -0.39 is 28.3 Å². The second kappa shape index (κ2) is 4.46. The van der Waals surface area contributed by atoms with Crippen molar-refractivity contribution in [2.75, 3.05) is 0 Å². The SMILES string of the molecule is CC(c1cccs1)n1c(=O)[nH]c(Cl)c(F)c1=O. The first kappa shape index (κ1) is 12.1. The minimum absolute atomic E-state index is 0.530. The van der Waals surface area contributed by atoms with Gasteiger partial charge in [0, 0.05) is 4.88 Å². The molecule has 0 saturated carbocycles. The topological polar surface area (TPSA) is 54.9 Å². The molecule has 0 aliphatic carbocycles. The summed E-state index contributed by atoms with van der Waals surface area (Å²) in [5, 5.41) is 1.26. The highest BCUT2D eigenvalue weighted by Crippen LogP contribution is 2.20. The molecular formula is C10H8ClFN2O2S. The first-order valence-corrected chi connectivity index (χ1v) is 6.01. The molecule has 0 aliphatic rings. The van der Waals surface area contributed by atoms with Crippen LogP contribution in [0.1, 0.15) is 17.8 Å². The molecule has 0 amide bonds. The van der Waals surface area contributed by atoms with Crippen molar-refractivity contribution in [1.29, 1.82) is 0 Å². The fourth-order valence-electron chi connectivity index (χ4n) is 1.51. The van der Waals surface area contributed by atoms with Crippen LogP contribution in [0.2, 0.25) is 5.15 Å². The van der Waals surface area contributed by atoms with Crippen molar-refractivity contribution < 1.29 is 4.39 Å². The van der Waals surface area contributed by atoms with Crippen molar-refractivity contribution in [3.05, 3.63) is 54.2 Å². The Balaban J connectivity index is 2.65. The van der Waals surface area contributed by atoms with E-state index in [1.54, 1.807) is 19.1 Å². The van der Waals surface area contributed by atoms with Gasteiger partial charge in [0.2, 0.25) is 5.82 Å². The van der Waals surface area contributed by atoms with Gasteiger partial charge in [0.15, 0.2) is 5.15 Å². The number of H-pyrrole nitrogens is 1. The van der Waals surface area contributed by atoms with Gasteiger partial charge in [0.05, 0.1) is 6.04 Å². The van der Waals surface area contributed by atoms with E-state index in [1.807, 2.05) is 5.38 Å². The maximum absolute atomic E-state index is 13.3. The molecule has 2 rings (SSSR count). The van der Waals surface area contributed by atoms with Crippen molar-refractivity contribution in [2.45, 2.75) is 13.0 Å². The van der Waals surface area contributed by atoms with Crippen LogP contribution in [-0.4, -0.2) is 9.55 Å². The summed E-state index contributed by atoms with van der Waals surface area (Å²) in [7, 11) is 0. The highest BCUT2D eigenvalue weighted by molar-refractivity contribution is 7.10. The number of rotatable bonds is 2. The maximum atomic E-state index is 13.3. The highest BCUT2D eigenvalue weighted by Gasteiger charge is 2.18. The number of nitrogens with zero attached hydrogens (tertiary/aromatic N) is 1. The van der Waals surface area contributed by atoms with Crippen molar-refractivity contribution in [3.63, 3.8) is 0 Å². The average molecular weight is 275 g/mol. The molecule has 1 N–H and O–H groups in total. The predicted octanol–water partition coefficient (Wildman–Crippen LogP) is 2.00. The zero-order valence-electron chi connectivity index (χ0n) is 8.74. The molecule has 2 aromatic rings. The molecule has 0 aliphatic heterocycles. The predicted molar refractivity (Wildman–Crippen MR) is 64.4 cm³/mol. The van der Waals surface area contributed by atoms with Crippen LogP contribution in [0.3, 0.4) is 0 Å². The van der Waals surface area contributed by atoms with E-state index in [0.717, 1.165) is 9.44 Å². The minimum Gasteiger partial charge on any atom is -0.295 e. The lowest BCUT2D eigenvalue weighted by Gasteiger charge is -2.12. The van der Waals surface area contributed by atoms with Crippen LogP contribution in [0.25, 0.3) is 0 Å². The zero-order chi connectivity index (χ0) is 12.6. The van der Waals surface area contributed by atoms with Crippen molar-refractivity contribution >= 4 is 22.9 Å². The Hall–Kier alpha value is -1.40. The van der Waals surface area contributed by atoms with Crippen LogP contribution in [-0.2, 0) is 0 Å². The molecule has 0 spiro atoms. The van der Waals surface area contributed by atoms with Crippen LogP contribution in [0.15, 0.2) is 27.1 Å². The molecule has 7 heteroatoms. The number of thiophene rings is 1. The van der Waals surface area contributed by atoms with Crippen LogP contribution >= 0.6 is 22.9 Å². The molecule has 1 unspecified atom stereocenters. The number of hydrogen-bond acceptors (Lipinski definition) is 3. The van der Waals surface area contributed by atoms with E-state index in [-0.39, 0.29) is 0 Å². The second-order valence-electron chi connectivity index (χ2n) is 3.42. The molecule has 0 saturated heterocycles. The summed E-state index contributed by atoms with van der Waals surface area (Å²) in [6.07, 6.45) is 0. The van der Waals surface area contributed by atoms with E-state index in [9.17, 15) is 14.0 Å². The average Bonchev–Trinajstić information content (AvgIpc) is 2.79.